The van der Waals surface area contributed by atoms with Gasteiger partial charge in [-0.3, -0.25) is 4.68 Å². The van der Waals surface area contributed by atoms with Crippen LogP contribution >= 0.6 is 0 Å². The van der Waals surface area contributed by atoms with Gasteiger partial charge in [0.25, 0.3) is 0 Å². The van der Waals surface area contributed by atoms with Gasteiger partial charge in [0.2, 0.25) is 10.0 Å². The summed E-state index contributed by atoms with van der Waals surface area (Å²) in [4.78, 5) is 0.274. The summed E-state index contributed by atoms with van der Waals surface area (Å²) in [7, 11) is -1.71. The number of benzene rings is 2. The minimum atomic E-state index is -3.56. The Morgan fingerprint density at radius 1 is 1.09 bits per heavy atom. The third kappa shape index (κ3) is 3.00. The molecular formula is C17H19N3O2S. The van der Waals surface area contributed by atoms with Crippen LogP contribution in [0.1, 0.15) is 17.0 Å². The van der Waals surface area contributed by atoms with Crippen LogP contribution in [0, 0.1) is 13.8 Å². The lowest BCUT2D eigenvalue weighted by molar-refractivity contribution is 0.581. The van der Waals surface area contributed by atoms with E-state index in [4.69, 9.17) is 0 Å². The van der Waals surface area contributed by atoms with E-state index in [2.05, 4.69) is 9.82 Å². The molecule has 120 valence electrons. The van der Waals surface area contributed by atoms with Crippen molar-refractivity contribution >= 4 is 20.8 Å². The molecule has 0 saturated carbocycles. The number of sulfonamides is 1. The highest BCUT2D eigenvalue weighted by molar-refractivity contribution is 7.89. The summed E-state index contributed by atoms with van der Waals surface area (Å²) in [6, 6.07) is 12.8. The fraction of sp³-hybridized carbons (Fsp3) is 0.235. The predicted octanol–water partition coefficient (Wildman–Crippen LogP) is 2.67. The Hall–Kier alpha value is -2.18. The summed E-state index contributed by atoms with van der Waals surface area (Å²) < 4.78 is 29.5. The molecule has 0 radical (unpaired) electrons. The summed E-state index contributed by atoms with van der Waals surface area (Å²) in [6.45, 7) is 4.05. The quantitative estimate of drug-likeness (QED) is 0.800. The maximum Gasteiger partial charge on any atom is 0.240 e. The first kappa shape index (κ1) is 15.7. The van der Waals surface area contributed by atoms with Crippen molar-refractivity contribution in [3.8, 4) is 0 Å². The van der Waals surface area contributed by atoms with E-state index in [-0.39, 0.29) is 11.4 Å². The van der Waals surface area contributed by atoms with Gasteiger partial charge in [0.15, 0.2) is 0 Å². The second kappa shape index (κ2) is 5.79. The number of nitrogens with zero attached hydrogens (tertiary/aromatic N) is 2. The molecule has 0 aliphatic carbocycles. The molecule has 0 aliphatic rings. The minimum Gasteiger partial charge on any atom is -0.272 e. The van der Waals surface area contributed by atoms with Gasteiger partial charge in [-0.1, -0.05) is 30.3 Å². The zero-order valence-corrected chi connectivity index (χ0v) is 14.2. The highest BCUT2D eigenvalue weighted by Gasteiger charge is 2.17. The van der Waals surface area contributed by atoms with E-state index >= 15 is 0 Å². The molecule has 3 rings (SSSR count). The van der Waals surface area contributed by atoms with Gasteiger partial charge in [-0.25, -0.2) is 13.1 Å². The Bertz CT molecular complexity index is 975. The van der Waals surface area contributed by atoms with Crippen molar-refractivity contribution in [1.29, 1.82) is 0 Å². The molecule has 0 fully saturated rings. The monoisotopic (exact) mass is 329 g/mol. The molecule has 0 unspecified atom stereocenters. The van der Waals surface area contributed by atoms with Gasteiger partial charge in [-0.05, 0) is 36.8 Å². The number of nitrogens with one attached hydrogen (secondary N) is 1. The molecule has 1 N–H and O–H groups in total. The number of aryl methyl sites for hydroxylation is 2. The number of hydrogen-bond donors (Lipinski definition) is 1. The van der Waals surface area contributed by atoms with Crippen LogP contribution < -0.4 is 4.72 Å². The summed E-state index contributed by atoms with van der Waals surface area (Å²) in [5.74, 6) is 0. The van der Waals surface area contributed by atoms with E-state index in [0.29, 0.717) is 0 Å². The van der Waals surface area contributed by atoms with E-state index in [1.165, 1.54) is 0 Å². The van der Waals surface area contributed by atoms with Crippen LogP contribution in [0.2, 0.25) is 0 Å². The zero-order valence-electron chi connectivity index (χ0n) is 13.4. The summed E-state index contributed by atoms with van der Waals surface area (Å²) in [6.07, 6.45) is 0. The Morgan fingerprint density at radius 3 is 2.43 bits per heavy atom. The molecule has 5 nitrogen and oxygen atoms in total. The largest absolute Gasteiger partial charge is 0.272 e. The Labute approximate surface area is 136 Å². The molecular weight excluding hydrogens is 310 g/mol. The van der Waals surface area contributed by atoms with E-state index in [9.17, 15) is 8.42 Å². The van der Waals surface area contributed by atoms with Crippen molar-refractivity contribution < 1.29 is 8.42 Å². The minimum absolute atomic E-state index is 0.237. The summed E-state index contributed by atoms with van der Waals surface area (Å²) in [5.41, 5.74) is 2.71. The zero-order chi connectivity index (χ0) is 16.6. The molecule has 6 heteroatoms. The molecule has 3 aromatic rings. The smallest absolute Gasteiger partial charge is 0.240 e. The fourth-order valence-electron chi connectivity index (χ4n) is 2.66. The van der Waals surface area contributed by atoms with Gasteiger partial charge >= 0.3 is 0 Å². The Kier molecular flexibility index (Phi) is 3.95. The third-order valence-corrected chi connectivity index (χ3v) is 5.53. The lowest BCUT2D eigenvalue weighted by Crippen LogP contribution is -2.23. The van der Waals surface area contributed by atoms with Gasteiger partial charge < -0.3 is 0 Å². The molecule has 0 atom stereocenters. The van der Waals surface area contributed by atoms with Gasteiger partial charge in [-0.2, -0.15) is 5.10 Å². The highest BCUT2D eigenvalue weighted by Crippen LogP contribution is 2.19. The maximum atomic E-state index is 12.5. The van der Waals surface area contributed by atoms with E-state index in [1.807, 2.05) is 51.2 Å². The van der Waals surface area contributed by atoms with Crippen molar-refractivity contribution in [2.24, 2.45) is 7.05 Å². The van der Waals surface area contributed by atoms with Crippen LogP contribution in [0.15, 0.2) is 47.4 Å². The Morgan fingerprint density at radius 2 is 1.78 bits per heavy atom. The van der Waals surface area contributed by atoms with Crippen LogP contribution in [-0.2, 0) is 23.6 Å². The number of fused-ring (bicyclic) bond motifs is 1. The third-order valence-electron chi connectivity index (χ3n) is 4.13. The lowest BCUT2D eigenvalue weighted by atomic mass is 10.1. The molecule has 0 spiro atoms. The van der Waals surface area contributed by atoms with Crippen LogP contribution in [0.4, 0.5) is 0 Å². The number of aromatic nitrogens is 2. The van der Waals surface area contributed by atoms with Crippen molar-refractivity contribution in [3.63, 3.8) is 0 Å². The number of rotatable bonds is 4. The summed E-state index contributed by atoms with van der Waals surface area (Å²) in [5, 5.41) is 6.23. The van der Waals surface area contributed by atoms with Crippen LogP contribution in [-0.4, -0.2) is 18.2 Å². The van der Waals surface area contributed by atoms with Crippen molar-refractivity contribution in [3.05, 3.63) is 59.4 Å². The molecule has 0 bridgehead atoms. The second-order valence-electron chi connectivity index (χ2n) is 5.61. The van der Waals surface area contributed by atoms with Crippen LogP contribution in [0.5, 0.6) is 0 Å². The molecule has 2 aromatic carbocycles. The van der Waals surface area contributed by atoms with Crippen molar-refractivity contribution in [2.45, 2.75) is 25.3 Å². The molecule has 1 heterocycles. The summed E-state index contributed by atoms with van der Waals surface area (Å²) >= 11 is 0. The predicted molar refractivity (Wildman–Crippen MR) is 90.7 cm³/mol. The topological polar surface area (TPSA) is 64.0 Å². The van der Waals surface area contributed by atoms with Gasteiger partial charge in [0.05, 0.1) is 10.6 Å². The highest BCUT2D eigenvalue weighted by atomic mass is 32.2. The molecule has 0 aliphatic heterocycles. The standard InChI is InChI=1S/C17H19N3O2S/c1-12-17(13(2)20(3)19-12)11-18-23(21,22)16-9-8-14-6-4-5-7-15(14)10-16/h4-10,18H,11H2,1-3H3. The normalized spacial score (nSPS) is 12.0. The first-order chi connectivity index (χ1) is 10.9. The fourth-order valence-corrected chi connectivity index (χ4v) is 3.69. The van der Waals surface area contributed by atoms with Crippen molar-refractivity contribution in [1.82, 2.24) is 14.5 Å². The first-order valence-electron chi connectivity index (χ1n) is 7.36. The molecule has 23 heavy (non-hydrogen) atoms. The van der Waals surface area contributed by atoms with Gasteiger partial charge in [-0.15, -0.1) is 0 Å². The number of hydrogen-bond acceptors (Lipinski definition) is 3. The van der Waals surface area contributed by atoms with Gasteiger partial charge in [0, 0.05) is 24.8 Å². The SMILES string of the molecule is Cc1nn(C)c(C)c1CNS(=O)(=O)c1ccc2ccccc2c1. The maximum absolute atomic E-state index is 12.5. The lowest BCUT2D eigenvalue weighted by Gasteiger charge is -2.08. The van der Waals surface area contributed by atoms with Crippen LogP contribution in [0.3, 0.4) is 0 Å². The molecule has 1 aromatic heterocycles. The van der Waals surface area contributed by atoms with Crippen LogP contribution in [0.25, 0.3) is 10.8 Å². The average Bonchev–Trinajstić information content (AvgIpc) is 2.77. The first-order valence-corrected chi connectivity index (χ1v) is 8.84. The Balaban J connectivity index is 1.88. The van der Waals surface area contributed by atoms with Crippen molar-refractivity contribution in [2.75, 3.05) is 0 Å². The van der Waals surface area contributed by atoms with Gasteiger partial charge in [0.1, 0.15) is 0 Å². The second-order valence-corrected chi connectivity index (χ2v) is 7.37. The van der Waals surface area contributed by atoms with E-state index in [0.717, 1.165) is 27.7 Å². The average molecular weight is 329 g/mol. The molecule has 0 saturated heterocycles. The van der Waals surface area contributed by atoms with E-state index in [1.54, 1.807) is 16.8 Å². The molecule has 0 amide bonds. The van der Waals surface area contributed by atoms with E-state index < -0.39 is 10.0 Å².